The molecule has 1 aromatic carbocycles. The highest BCUT2D eigenvalue weighted by Crippen LogP contribution is 2.36. The molecule has 1 aliphatic heterocycles. The van der Waals surface area contributed by atoms with E-state index in [1.807, 2.05) is 17.1 Å². The molecule has 0 aliphatic carbocycles. The molecule has 2 heterocycles. The van der Waals surface area contributed by atoms with Gasteiger partial charge in [-0.3, -0.25) is 5.01 Å². The van der Waals surface area contributed by atoms with Crippen LogP contribution in [0.5, 0.6) is 0 Å². The number of nitrogens with zero attached hydrogens (tertiary/aromatic N) is 3. The first-order chi connectivity index (χ1) is 8.25. The second-order valence-corrected chi connectivity index (χ2v) is 4.33. The summed E-state index contributed by atoms with van der Waals surface area (Å²) in [5.41, 5.74) is 5.71. The highest BCUT2D eigenvalue weighted by molar-refractivity contribution is 6.29. The van der Waals surface area contributed by atoms with Gasteiger partial charge >= 0.3 is 0 Å². The molecule has 1 aliphatic rings. The SMILES string of the molecule is CC1NN(c2cc(Cl)ncn2)c2ccccc21. The normalized spacial score (nSPS) is 18.2. The lowest BCUT2D eigenvalue weighted by Gasteiger charge is -2.18. The van der Waals surface area contributed by atoms with Gasteiger partial charge in [-0.15, -0.1) is 0 Å². The van der Waals surface area contributed by atoms with Gasteiger partial charge in [0, 0.05) is 6.07 Å². The predicted molar refractivity (Wildman–Crippen MR) is 67.2 cm³/mol. The summed E-state index contributed by atoms with van der Waals surface area (Å²) in [4.78, 5) is 8.11. The van der Waals surface area contributed by atoms with Gasteiger partial charge in [-0.25, -0.2) is 15.4 Å². The molecule has 1 unspecified atom stereocenters. The third kappa shape index (κ3) is 1.75. The molecule has 0 spiro atoms. The summed E-state index contributed by atoms with van der Waals surface area (Å²) >= 11 is 5.88. The van der Waals surface area contributed by atoms with Gasteiger partial charge in [-0.1, -0.05) is 29.8 Å². The Kier molecular flexibility index (Phi) is 2.46. The van der Waals surface area contributed by atoms with E-state index in [1.165, 1.54) is 11.9 Å². The highest BCUT2D eigenvalue weighted by atomic mass is 35.5. The number of anilines is 2. The molecule has 0 fully saturated rings. The van der Waals surface area contributed by atoms with Gasteiger partial charge in [-0.05, 0) is 18.6 Å². The molecule has 1 aromatic heterocycles. The maximum atomic E-state index is 5.88. The van der Waals surface area contributed by atoms with Gasteiger partial charge < -0.3 is 0 Å². The third-order valence-corrected chi connectivity index (χ3v) is 3.02. The number of fused-ring (bicyclic) bond motifs is 1. The van der Waals surface area contributed by atoms with Gasteiger partial charge in [0.1, 0.15) is 11.5 Å². The Morgan fingerprint density at radius 3 is 2.94 bits per heavy atom. The molecule has 0 saturated heterocycles. The van der Waals surface area contributed by atoms with E-state index in [0.717, 1.165) is 11.5 Å². The molecule has 0 bridgehead atoms. The minimum Gasteiger partial charge on any atom is -0.259 e. The monoisotopic (exact) mass is 246 g/mol. The van der Waals surface area contributed by atoms with Crippen molar-refractivity contribution in [3.05, 3.63) is 47.4 Å². The van der Waals surface area contributed by atoms with E-state index in [1.54, 1.807) is 6.07 Å². The van der Waals surface area contributed by atoms with E-state index in [4.69, 9.17) is 11.6 Å². The van der Waals surface area contributed by atoms with Crippen molar-refractivity contribution in [2.24, 2.45) is 0 Å². The molecule has 0 amide bonds. The number of rotatable bonds is 1. The summed E-state index contributed by atoms with van der Waals surface area (Å²) in [6.07, 6.45) is 1.46. The van der Waals surface area contributed by atoms with Crippen molar-refractivity contribution in [1.29, 1.82) is 0 Å². The molecule has 1 N–H and O–H groups in total. The number of nitrogens with one attached hydrogen (secondary N) is 1. The van der Waals surface area contributed by atoms with Crippen LogP contribution in [0.4, 0.5) is 11.5 Å². The predicted octanol–water partition coefficient (Wildman–Crippen LogP) is 2.85. The van der Waals surface area contributed by atoms with Crippen LogP contribution >= 0.6 is 11.6 Å². The Morgan fingerprint density at radius 1 is 1.29 bits per heavy atom. The second kappa shape index (κ2) is 3.98. The van der Waals surface area contributed by atoms with E-state index < -0.39 is 0 Å². The number of hydrogen-bond acceptors (Lipinski definition) is 4. The summed E-state index contributed by atoms with van der Waals surface area (Å²) in [6.45, 7) is 2.11. The standard InChI is InChI=1S/C12H11ClN4/c1-8-9-4-2-3-5-10(9)17(16-8)12-6-11(13)14-7-15-12/h2-8,16H,1H3. The maximum Gasteiger partial charge on any atom is 0.152 e. The maximum absolute atomic E-state index is 5.88. The number of benzene rings is 1. The van der Waals surface area contributed by atoms with Gasteiger partial charge in [0.15, 0.2) is 5.82 Å². The van der Waals surface area contributed by atoms with Crippen LogP contribution in [0.3, 0.4) is 0 Å². The zero-order valence-electron chi connectivity index (χ0n) is 9.26. The number of aromatic nitrogens is 2. The van der Waals surface area contributed by atoms with Crippen molar-refractivity contribution in [3.8, 4) is 0 Å². The average Bonchev–Trinajstić information content (AvgIpc) is 2.68. The van der Waals surface area contributed by atoms with Crippen LogP contribution in [0.25, 0.3) is 0 Å². The average molecular weight is 247 g/mol. The van der Waals surface area contributed by atoms with Crippen LogP contribution in [0.2, 0.25) is 5.15 Å². The Morgan fingerprint density at radius 2 is 2.12 bits per heavy atom. The van der Waals surface area contributed by atoms with Crippen LogP contribution in [0, 0.1) is 0 Å². The summed E-state index contributed by atoms with van der Waals surface area (Å²) in [6, 6.07) is 10.2. The van der Waals surface area contributed by atoms with Gasteiger partial charge in [0.05, 0.1) is 11.7 Å². The topological polar surface area (TPSA) is 41.0 Å². The fourth-order valence-corrected chi connectivity index (χ4v) is 2.17. The van der Waals surface area contributed by atoms with Crippen LogP contribution in [-0.4, -0.2) is 9.97 Å². The second-order valence-electron chi connectivity index (χ2n) is 3.94. The van der Waals surface area contributed by atoms with Crippen molar-refractivity contribution in [3.63, 3.8) is 0 Å². The Hall–Kier alpha value is -1.65. The minimum absolute atomic E-state index is 0.264. The summed E-state index contributed by atoms with van der Waals surface area (Å²) in [7, 11) is 0. The summed E-state index contributed by atoms with van der Waals surface area (Å²) in [5.74, 6) is 0.752. The molecular weight excluding hydrogens is 236 g/mol. The molecule has 0 saturated carbocycles. The van der Waals surface area contributed by atoms with Crippen molar-refractivity contribution in [2.75, 3.05) is 5.01 Å². The third-order valence-electron chi connectivity index (χ3n) is 2.82. The fraction of sp³-hybridized carbons (Fsp3) is 0.167. The Labute approximate surface area is 104 Å². The van der Waals surface area contributed by atoms with E-state index >= 15 is 0 Å². The summed E-state index contributed by atoms with van der Waals surface area (Å²) in [5, 5.41) is 2.38. The molecule has 4 nitrogen and oxygen atoms in total. The Bertz CT molecular complexity index is 558. The number of hydrazine groups is 1. The first kappa shape index (κ1) is 10.5. The number of halogens is 1. The van der Waals surface area contributed by atoms with Crippen LogP contribution in [0.1, 0.15) is 18.5 Å². The fourth-order valence-electron chi connectivity index (χ4n) is 2.03. The number of para-hydroxylation sites is 1. The van der Waals surface area contributed by atoms with Crippen molar-refractivity contribution >= 4 is 23.1 Å². The van der Waals surface area contributed by atoms with Crippen LogP contribution < -0.4 is 10.4 Å². The molecule has 0 radical (unpaired) electrons. The summed E-state index contributed by atoms with van der Waals surface area (Å²) < 4.78 is 0. The van der Waals surface area contributed by atoms with Crippen LogP contribution in [0.15, 0.2) is 36.7 Å². The molecule has 5 heteroatoms. The molecule has 2 aromatic rings. The van der Waals surface area contributed by atoms with Crippen LogP contribution in [-0.2, 0) is 0 Å². The number of hydrogen-bond donors (Lipinski definition) is 1. The zero-order chi connectivity index (χ0) is 11.8. The quantitative estimate of drug-likeness (QED) is 0.786. The molecule has 1 atom stereocenters. The molecular formula is C12H11ClN4. The molecule has 3 rings (SSSR count). The lowest BCUT2D eigenvalue weighted by molar-refractivity contribution is 0.629. The zero-order valence-corrected chi connectivity index (χ0v) is 10.0. The lowest BCUT2D eigenvalue weighted by Crippen LogP contribution is -2.29. The van der Waals surface area contributed by atoms with Gasteiger partial charge in [-0.2, -0.15) is 0 Å². The lowest BCUT2D eigenvalue weighted by atomic mass is 10.1. The van der Waals surface area contributed by atoms with E-state index in [9.17, 15) is 0 Å². The molecule has 17 heavy (non-hydrogen) atoms. The van der Waals surface area contributed by atoms with Crippen molar-refractivity contribution < 1.29 is 0 Å². The molecule has 86 valence electrons. The van der Waals surface area contributed by atoms with Gasteiger partial charge in [0.2, 0.25) is 0 Å². The van der Waals surface area contributed by atoms with Crippen molar-refractivity contribution in [1.82, 2.24) is 15.4 Å². The van der Waals surface area contributed by atoms with E-state index in [2.05, 4.69) is 34.5 Å². The van der Waals surface area contributed by atoms with Crippen molar-refractivity contribution in [2.45, 2.75) is 13.0 Å². The largest absolute Gasteiger partial charge is 0.259 e. The Balaban J connectivity index is 2.07. The highest BCUT2D eigenvalue weighted by Gasteiger charge is 2.26. The van der Waals surface area contributed by atoms with E-state index in [0.29, 0.717) is 5.15 Å². The minimum atomic E-state index is 0.264. The first-order valence-corrected chi connectivity index (χ1v) is 5.76. The first-order valence-electron chi connectivity index (χ1n) is 5.38. The smallest absolute Gasteiger partial charge is 0.152 e. The van der Waals surface area contributed by atoms with E-state index in [-0.39, 0.29) is 6.04 Å². The van der Waals surface area contributed by atoms with Gasteiger partial charge in [0.25, 0.3) is 0 Å².